The van der Waals surface area contributed by atoms with Gasteiger partial charge in [-0.15, -0.1) is 0 Å². The molecule has 0 amide bonds. The van der Waals surface area contributed by atoms with Crippen molar-refractivity contribution in [2.75, 3.05) is 4.72 Å². The fourth-order valence-electron chi connectivity index (χ4n) is 2.37. The van der Waals surface area contributed by atoms with Gasteiger partial charge < -0.3 is 0 Å². The van der Waals surface area contributed by atoms with Gasteiger partial charge in [0.15, 0.2) is 0 Å². The second-order valence-electron chi connectivity index (χ2n) is 5.40. The zero-order valence-corrected chi connectivity index (χ0v) is 14.0. The monoisotopic (exact) mass is 360 g/mol. The summed E-state index contributed by atoms with van der Waals surface area (Å²) in [5.74, 6) is -1.10. The van der Waals surface area contributed by atoms with Crippen LogP contribution in [0.2, 0.25) is 0 Å². The number of nitrogens with one attached hydrogen (secondary N) is 1. The Morgan fingerprint density at radius 2 is 1.72 bits per heavy atom. The first-order chi connectivity index (χ1) is 11.9. The van der Waals surface area contributed by atoms with Crippen molar-refractivity contribution in [2.24, 2.45) is 0 Å². The third-order valence-electron chi connectivity index (χ3n) is 3.58. The van der Waals surface area contributed by atoms with E-state index in [1.165, 1.54) is 24.3 Å². The van der Waals surface area contributed by atoms with Gasteiger partial charge in [0.25, 0.3) is 10.0 Å². The molecule has 0 bridgehead atoms. The molecule has 1 N–H and O–H groups in total. The van der Waals surface area contributed by atoms with E-state index in [1.54, 1.807) is 37.3 Å². The highest BCUT2D eigenvalue weighted by molar-refractivity contribution is 7.92. The number of pyridine rings is 1. The average molecular weight is 360 g/mol. The first-order valence-electron chi connectivity index (χ1n) is 7.38. The lowest BCUT2D eigenvalue weighted by Gasteiger charge is -2.11. The molecule has 2 aromatic carbocycles. The van der Waals surface area contributed by atoms with Crippen molar-refractivity contribution < 1.29 is 17.2 Å². The molecule has 0 spiro atoms. The van der Waals surface area contributed by atoms with E-state index in [9.17, 15) is 17.2 Å². The molecule has 0 fully saturated rings. The second-order valence-corrected chi connectivity index (χ2v) is 7.05. The Hall–Kier alpha value is -2.80. The zero-order chi connectivity index (χ0) is 18.0. The molecule has 0 aliphatic heterocycles. The van der Waals surface area contributed by atoms with Gasteiger partial charge in [0.2, 0.25) is 0 Å². The largest absolute Gasteiger partial charge is 0.263 e. The van der Waals surface area contributed by atoms with Gasteiger partial charge >= 0.3 is 0 Å². The first-order valence-corrected chi connectivity index (χ1v) is 8.86. The Morgan fingerprint density at radius 1 is 0.960 bits per heavy atom. The molecule has 0 radical (unpaired) electrons. The van der Waals surface area contributed by atoms with E-state index in [-0.39, 0.29) is 22.0 Å². The van der Waals surface area contributed by atoms with Crippen molar-refractivity contribution in [1.29, 1.82) is 0 Å². The van der Waals surface area contributed by atoms with E-state index in [4.69, 9.17) is 0 Å². The van der Waals surface area contributed by atoms with Gasteiger partial charge in [0, 0.05) is 5.56 Å². The maximum atomic E-state index is 13.9. The van der Waals surface area contributed by atoms with Crippen LogP contribution in [0.1, 0.15) is 5.56 Å². The number of aromatic nitrogens is 1. The molecular weight excluding hydrogens is 346 g/mol. The number of anilines is 1. The van der Waals surface area contributed by atoms with Gasteiger partial charge in [-0.2, -0.15) is 0 Å². The molecule has 0 saturated heterocycles. The van der Waals surface area contributed by atoms with Crippen LogP contribution < -0.4 is 4.72 Å². The predicted molar refractivity (Wildman–Crippen MR) is 91.6 cm³/mol. The molecule has 3 rings (SSSR count). The van der Waals surface area contributed by atoms with Crippen LogP contribution in [-0.4, -0.2) is 13.4 Å². The van der Waals surface area contributed by atoms with Crippen LogP contribution in [0.3, 0.4) is 0 Å². The predicted octanol–water partition coefficient (Wildman–Crippen LogP) is 4.14. The smallest absolute Gasteiger partial charge is 0.263 e. The van der Waals surface area contributed by atoms with E-state index in [2.05, 4.69) is 9.71 Å². The Bertz CT molecular complexity index is 1040. The van der Waals surface area contributed by atoms with Gasteiger partial charge in [0.1, 0.15) is 17.5 Å². The quantitative estimate of drug-likeness (QED) is 0.761. The molecule has 0 aliphatic carbocycles. The second kappa shape index (κ2) is 6.60. The van der Waals surface area contributed by atoms with Gasteiger partial charge in [0.05, 0.1) is 10.6 Å². The lowest BCUT2D eigenvalue weighted by atomic mass is 10.1. The molecule has 0 aliphatic rings. The number of sulfonamides is 1. The number of hydrogen-bond donors (Lipinski definition) is 1. The Labute approximate surface area is 144 Å². The van der Waals surface area contributed by atoms with E-state index in [0.29, 0.717) is 5.56 Å². The Morgan fingerprint density at radius 3 is 2.48 bits per heavy atom. The van der Waals surface area contributed by atoms with Crippen LogP contribution >= 0.6 is 0 Å². The third kappa shape index (κ3) is 3.66. The van der Waals surface area contributed by atoms with E-state index >= 15 is 0 Å². The topological polar surface area (TPSA) is 59.1 Å². The van der Waals surface area contributed by atoms with Crippen LogP contribution in [0.4, 0.5) is 14.6 Å². The van der Waals surface area contributed by atoms with Crippen LogP contribution in [0.15, 0.2) is 65.6 Å². The van der Waals surface area contributed by atoms with Crippen LogP contribution in [0, 0.1) is 18.6 Å². The van der Waals surface area contributed by atoms with Gasteiger partial charge in [-0.25, -0.2) is 22.2 Å². The molecule has 1 heterocycles. The summed E-state index contributed by atoms with van der Waals surface area (Å²) in [5.41, 5.74) is 0.943. The lowest BCUT2D eigenvalue weighted by Crippen LogP contribution is -2.15. The molecule has 3 aromatic rings. The summed E-state index contributed by atoms with van der Waals surface area (Å²) in [6.07, 6.45) is 0. The van der Waals surface area contributed by atoms with Gasteiger partial charge in [-0.3, -0.25) is 4.72 Å². The van der Waals surface area contributed by atoms with Crippen LogP contribution in [-0.2, 0) is 10.0 Å². The van der Waals surface area contributed by atoms with Crippen LogP contribution in [0.5, 0.6) is 0 Å². The standard InChI is InChI=1S/C18H14F2N2O2S/c1-12-9-10-13(19)11-17(12)25(23,24)22-18-8-4-7-16(21-18)14-5-2-3-6-15(14)20/h2-11H,1H3,(H,21,22). The van der Waals surface area contributed by atoms with Gasteiger partial charge in [-0.05, 0) is 48.9 Å². The minimum atomic E-state index is -4.02. The highest BCUT2D eigenvalue weighted by atomic mass is 32.2. The SMILES string of the molecule is Cc1ccc(F)cc1S(=O)(=O)Nc1cccc(-c2ccccc2F)n1. The molecule has 0 saturated carbocycles. The number of aryl methyl sites for hydroxylation is 1. The maximum Gasteiger partial charge on any atom is 0.263 e. The number of hydrogen-bond acceptors (Lipinski definition) is 3. The molecule has 4 nitrogen and oxygen atoms in total. The molecule has 1 aromatic heterocycles. The molecular formula is C18H14F2N2O2S. The number of rotatable bonds is 4. The zero-order valence-electron chi connectivity index (χ0n) is 13.2. The summed E-state index contributed by atoms with van der Waals surface area (Å²) in [4.78, 5) is 3.97. The number of nitrogens with zero attached hydrogens (tertiary/aromatic N) is 1. The van der Waals surface area contributed by atoms with Crippen molar-refractivity contribution in [2.45, 2.75) is 11.8 Å². The highest BCUT2D eigenvalue weighted by Crippen LogP contribution is 2.24. The molecule has 7 heteroatoms. The van der Waals surface area contributed by atoms with Crippen molar-refractivity contribution in [3.63, 3.8) is 0 Å². The minimum absolute atomic E-state index is 0.0180. The van der Waals surface area contributed by atoms with Crippen LogP contribution in [0.25, 0.3) is 11.3 Å². The summed E-state index contributed by atoms with van der Waals surface area (Å²) >= 11 is 0. The first kappa shape index (κ1) is 17.0. The highest BCUT2D eigenvalue weighted by Gasteiger charge is 2.19. The van der Waals surface area contributed by atoms with Crippen molar-refractivity contribution in [3.05, 3.63) is 77.9 Å². The fourth-order valence-corrected chi connectivity index (χ4v) is 3.63. The molecule has 0 unspecified atom stereocenters. The summed E-state index contributed by atoms with van der Waals surface area (Å²) in [5, 5.41) is 0. The maximum absolute atomic E-state index is 13.9. The number of halogens is 2. The van der Waals surface area contributed by atoms with E-state index in [1.807, 2.05) is 0 Å². The number of benzene rings is 2. The Kier molecular flexibility index (Phi) is 4.50. The molecule has 0 atom stereocenters. The fraction of sp³-hybridized carbons (Fsp3) is 0.0556. The third-order valence-corrected chi connectivity index (χ3v) is 5.07. The lowest BCUT2D eigenvalue weighted by molar-refractivity contribution is 0.594. The molecule has 128 valence electrons. The molecule has 25 heavy (non-hydrogen) atoms. The minimum Gasteiger partial charge on any atom is -0.263 e. The van der Waals surface area contributed by atoms with Crippen molar-refractivity contribution in [3.8, 4) is 11.3 Å². The van der Waals surface area contributed by atoms with Crippen molar-refractivity contribution >= 4 is 15.8 Å². The normalized spacial score (nSPS) is 11.3. The van der Waals surface area contributed by atoms with E-state index in [0.717, 1.165) is 6.07 Å². The summed E-state index contributed by atoms with van der Waals surface area (Å²) in [6.45, 7) is 1.57. The Balaban J connectivity index is 1.97. The summed E-state index contributed by atoms with van der Waals surface area (Å²) < 4.78 is 54.6. The summed E-state index contributed by atoms with van der Waals surface area (Å²) in [6, 6.07) is 14.1. The summed E-state index contributed by atoms with van der Waals surface area (Å²) in [7, 11) is -4.02. The van der Waals surface area contributed by atoms with E-state index < -0.39 is 21.7 Å². The van der Waals surface area contributed by atoms with Gasteiger partial charge in [-0.1, -0.05) is 24.3 Å². The average Bonchev–Trinajstić information content (AvgIpc) is 2.57. The van der Waals surface area contributed by atoms with Crippen molar-refractivity contribution in [1.82, 2.24) is 4.98 Å².